The molecule has 118 valence electrons. The lowest BCUT2D eigenvalue weighted by Gasteiger charge is -2.32. The van der Waals surface area contributed by atoms with Crippen molar-refractivity contribution in [2.75, 3.05) is 7.11 Å². The highest BCUT2D eigenvalue weighted by molar-refractivity contribution is 5.87. The molecule has 0 aromatic heterocycles. The van der Waals surface area contributed by atoms with Crippen molar-refractivity contribution in [1.29, 1.82) is 0 Å². The van der Waals surface area contributed by atoms with Crippen molar-refractivity contribution in [2.24, 2.45) is 5.92 Å². The minimum atomic E-state index is -0.894. The Balaban J connectivity index is 1.95. The van der Waals surface area contributed by atoms with Crippen LogP contribution in [-0.2, 0) is 9.59 Å². The van der Waals surface area contributed by atoms with E-state index in [0.29, 0.717) is 0 Å². The van der Waals surface area contributed by atoms with Gasteiger partial charge in [0.1, 0.15) is 5.75 Å². The summed E-state index contributed by atoms with van der Waals surface area (Å²) < 4.78 is 5.16. The van der Waals surface area contributed by atoms with Gasteiger partial charge in [-0.3, -0.25) is 9.59 Å². The summed E-state index contributed by atoms with van der Waals surface area (Å²) in [6.07, 6.45) is 4.28. The smallest absolute Gasteiger partial charge is 0.309 e. The lowest BCUT2D eigenvalue weighted by atomic mass is 9.93. The molecule has 1 aliphatic carbocycles. The molecule has 0 unspecified atom stereocenters. The zero-order valence-electron chi connectivity index (χ0n) is 12.7. The van der Waals surface area contributed by atoms with Gasteiger partial charge in [0.2, 0.25) is 5.91 Å². The number of aliphatic carboxylic acids is 1. The molecule has 1 saturated heterocycles. The number of carboxylic acid groups (broad SMARTS) is 1. The second-order valence-electron chi connectivity index (χ2n) is 6.11. The summed E-state index contributed by atoms with van der Waals surface area (Å²) in [5, 5.41) is 9.52. The summed E-state index contributed by atoms with van der Waals surface area (Å²) in [4.78, 5) is 25.9. The van der Waals surface area contributed by atoms with Crippen molar-refractivity contribution in [3.05, 3.63) is 29.8 Å². The molecule has 1 N–H and O–H groups in total. The van der Waals surface area contributed by atoms with Crippen molar-refractivity contribution in [3.63, 3.8) is 0 Å². The van der Waals surface area contributed by atoms with Gasteiger partial charge in [-0.25, -0.2) is 0 Å². The first-order valence-electron chi connectivity index (χ1n) is 7.79. The third-order valence-electron chi connectivity index (χ3n) is 4.86. The molecule has 1 heterocycles. The molecule has 3 rings (SSSR count). The van der Waals surface area contributed by atoms with Gasteiger partial charge in [0, 0.05) is 12.5 Å². The summed E-state index contributed by atoms with van der Waals surface area (Å²) >= 11 is 0. The molecule has 1 saturated carbocycles. The van der Waals surface area contributed by atoms with Crippen LogP contribution in [0.15, 0.2) is 24.3 Å². The number of hydrogen-bond donors (Lipinski definition) is 1. The van der Waals surface area contributed by atoms with E-state index in [0.717, 1.165) is 37.0 Å². The normalized spacial score (nSPS) is 25.7. The number of carbonyl (C=O) groups is 2. The molecule has 2 aliphatic rings. The first-order chi connectivity index (χ1) is 10.6. The first kappa shape index (κ1) is 14.9. The van der Waals surface area contributed by atoms with Gasteiger partial charge >= 0.3 is 5.97 Å². The van der Waals surface area contributed by atoms with Crippen LogP contribution in [0.1, 0.15) is 43.7 Å². The van der Waals surface area contributed by atoms with E-state index in [9.17, 15) is 14.7 Å². The summed E-state index contributed by atoms with van der Waals surface area (Å²) in [5.41, 5.74) is 0.881. The van der Waals surface area contributed by atoms with Crippen LogP contribution in [0.5, 0.6) is 5.75 Å². The van der Waals surface area contributed by atoms with E-state index in [2.05, 4.69) is 0 Å². The van der Waals surface area contributed by atoms with Crippen LogP contribution in [0.4, 0.5) is 0 Å². The zero-order valence-corrected chi connectivity index (χ0v) is 12.7. The van der Waals surface area contributed by atoms with E-state index in [1.54, 1.807) is 7.11 Å². The Morgan fingerprint density at radius 2 is 1.86 bits per heavy atom. The summed E-state index contributed by atoms with van der Waals surface area (Å²) in [6, 6.07) is 7.22. The maximum absolute atomic E-state index is 12.4. The number of rotatable bonds is 4. The summed E-state index contributed by atoms with van der Waals surface area (Å²) in [5.74, 6) is -0.858. The van der Waals surface area contributed by atoms with Crippen LogP contribution in [0, 0.1) is 5.92 Å². The number of methoxy groups -OCH3 is 1. The monoisotopic (exact) mass is 303 g/mol. The fraction of sp³-hybridized carbons (Fsp3) is 0.529. The third kappa shape index (κ3) is 2.56. The van der Waals surface area contributed by atoms with Crippen molar-refractivity contribution < 1.29 is 19.4 Å². The van der Waals surface area contributed by atoms with E-state index in [1.807, 2.05) is 29.2 Å². The predicted octanol–water partition coefficient (Wildman–Crippen LogP) is 2.61. The molecule has 1 aromatic carbocycles. The van der Waals surface area contributed by atoms with E-state index in [-0.39, 0.29) is 24.4 Å². The topological polar surface area (TPSA) is 66.8 Å². The van der Waals surface area contributed by atoms with Gasteiger partial charge in [-0.1, -0.05) is 25.0 Å². The van der Waals surface area contributed by atoms with E-state index >= 15 is 0 Å². The van der Waals surface area contributed by atoms with Crippen LogP contribution >= 0.6 is 0 Å². The molecule has 0 bridgehead atoms. The molecular formula is C17H21NO4. The minimum Gasteiger partial charge on any atom is -0.497 e. The van der Waals surface area contributed by atoms with E-state index in [1.165, 1.54) is 0 Å². The SMILES string of the molecule is COc1ccc([C@H]2[C@@H](C(=O)O)CC(=O)N2C2CCCC2)cc1. The number of benzene rings is 1. The Morgan fingerprint density at radius 3 is 2.41 bits per heavy atom. The van der Waals surface area contributed by atoms with Gasteiger partial charge in [-0.15, -0.1) is 0 Å². The van der Waals surface area contributed by atoms with Gasteiger partial charge in [0.15, 0.2) is 0 Å². The highest BCUT2D eigenvalue weighted by Crippen LogP contribution is 2.43. The average molecular weight is 303 g/mol. The van der Waals surface area contributed by atoms with Crippen molar-refractivity contribution in [3.8, 4) is 5.75 Å². The van der Waals surface area contributed by atoms with Crippen molar-refractivity contribution >= 4 is 11.9 Å². The Labute approximate surface area is 129 Å². The van der Waals surface area contributed by atoms with E-state index in [4.69, 9.17) is 4.74 Å². The molecule has 0 radical (unpaired) electrons. The molecule has 1 amide bonds. The maximum atomic E-state index is 12.4. The highest BCUT2D eigenvalue weighted by Gasteiger charge is 2.47. The highest BCUT2D eigenvalue weighted by atomic mass is 16.5. The number of carbonyl (C=O) groups excluding carboxylic acids is 1. The Bertz CT molecular complexity index is 563. The lowest BCUT2D eigenvalue weighted by Crippen LogP contribution is -2.37. The Kier molecular flexibility index (Phi) is 4.05. The van der Waals surface area contributed by atoms with Crippen molar-refractivity contribution in [2.45, 2.75) is 44.2 Å². The van der Waals surface area contributed by atoms with Gasteiger partial charge in [0.05, 0.1) is 19.1 Å². The zero-order chi connectivity index (χ0) is 15.7. The number of likely N-dealkylation sites (tertiary alicyclic amines) is 1. The molecule has 5 heteroatoms. The van der Waals surface area contributed by atoms with E-state index < -0.39 is 11.9 Å². The largest absolute Gasteiger partial charge is 0.497 e. The number of nitrogens with zero attached hydrogens (tertiary/aromatic N) is 1. The standard InChI is InChI=1S/C17H21NO4/c1-22-13-8-6-11(7-9-13)16-14(17(20)21)10-15(19)18(16)12-4-2-3-5-12/h6-9,12,14,16H,2-5,10H2,1H3,(H,20,21)/t14-,16-/m0/s1. The summed E-state index contributed by atoms with van der Waals surface area (Å²) in [6.45, 7) is 0. The van der Waals surface area contributed by atoms with Gasteiger partial charge in [-0.05, 0) is 30.5 Å². The number of carboxylic acids is 1. The van der Waals surface area contributed by atoms with Crippen molar-refractivity contribution in [1.82, 2.24) is 4.90 Å². The maximum Gasteiger partial charge on any atom is 0.309 e. The van der Waals surface area contributed by atoms with Gasteiger partial charge in [-0.2, -0.15) is 0 Å². The molecule has 1 aromatic rings. The first-order valence-corrected chi connectivity index (χ1v) is 7.79. The molecule has 2 atom stereocenters. The second kappa shape index (κ2) is 5.99. The summed E-state index contributed by atoms with van der Waals surface area (Å²) in [7, 11) is 1.60. The molecular weight excluding hydrogens is 282 g/mol. The third-order valence-corrected chi connectivity index (χ3v) is 4.86. The Morgan fingerprint density at radius 1 is 1.23 bits per heavy atom. The lowest BCUT2D eigenvalue weighted by molar-refractivity contribution is -0.142. The molecule has 2 fully saturated rings. The van der Waals surface area contributed by atoms with Crippen LogP contribution in [0.2, 0.25) is 0 Å². The molecule has 0 spiro atoms. The number of amides is 1. The molecule has 22 heavy (non-hydrogen) atoms. The minimum absolute atomic E-state index is 0.0277. The van der Waals surface area contributed by atoms with Gasteiger partial charge < -0.3 is 14.7 Å². The molecule has 5 nitrogen and oxygen atoms in total. The van der Waals surface area contributed by atoms with Crippen LogP contribution < -0.4 is 4.74 Å². The quantitative estimate of drug-likeness (QED) is 0.928. The number of ether oxygens (including phenoxy) is 1. The van der Waals surface area contributed by atoms with Crippen LogP contribution in [0.25, 0.3) is 0 Å². The Hall–Kier alpha value is -2.04. The molecule has 1 aliphatic heterocycles. The number of hydrogen-bond acceptors (Lipinski definition) is 3. The average Bonchev–Trinajstić information content (AvgIpc) is 3.14. The fourth-order valence-electron chi connectivity index (χ4n) is 3.78. The predicted molar refractivity (Wildman–Crippen MR) is 80.6 cm³/mol. The second-order valence-corrected chi connectivity index (χ2v) is 6.11. The van der Waals surface area contributed by atoms with Crippen LogP contribution in [0.3, 0.4) is 0 Å². The fourth-order valence-corrected chi connectivity index (χ4v) is 3.78. The van der Waals surface area contributed by atoms with Gasteiger partial charge in [0.25, 0.3) is 0 Å². The van der Waals surface area contributed by atoms with Crippen LogP contribution in [-0.4, -0.2) is 35.0 Å².